The van der Waals surface area contributed by atoms with E-state index in [4.69, 9.17) is 9.47 Å². The minimum absolute atomic E-state index is 0.0822. The van der Waals surface area contributed by atoms with Crippen LogP contribution in [0.1, 0.15) is 29.6 Å². The van der Waals surface area contributed by atoms with Gasteiger partial charge in [0, 0.05) is 51.4 Å². The van der Waals surface area contributed by atoms with E-state index in [0.29, 0.717) is 50.4 Å². The molecule has 4 atom stereocenters. The highest BCUT2D eigenvalue weighted by Gasteiger charge is 2.37. The summed E-state index contributed by atoms with van der Waals surface area (Å²) in [6.07, 6.45) is 4.45. The van der Waals surface area contributed by atoms with Gasteiger partial charge in [0.15, 0.2) is 0 Å². The molecule has 2 aromatic rings. The molecule has 2 N–H and O–H groups in total. The van der Waals surface area contributed by atoms with Crippen molar-refractivity contribution in [1.82, 2.24) is 24.9 Å². The van der Waals surface area contributed by atoms with Gasteiger partial charge >= 0.3 is 0 Å². The van der Waals surface area contributed by atoms with Crippen LogP contribution in [0.25, 0.3) is 11.1 Å². The molecule has 1 aromatic heterocycles. The fourth-order valence-corrected chi connectivity index (χ4v) is 5.07. The highest BCUT2D eigenvalue weighted by atomic mass is 16.5. The number of aliphatic hydroxyl groups excluding tert-OH is 1. The molecule has 35 heavy (non-hydrogen) atoms. The average molecular weight is 484 g/mol. The zero-order valence-electron chi connectivity index (χ0n) is 20.2. The van der Waals surface area contributed by atoms with Crippen molar-refractivity contribution in [3.8, 4) is 16.9 Å². The Balaban J connectivity index is 1.50. The van der Waals surface area contributed by atoms with Crippen molar-refractivity contribution in [1.29, 1.82) is 0 Å². The number of carbonyl (C=O) groups is 2. The summed E-state index contributed by atoms with van der Waals surface area (Å²) in [6, 6.07) is 4.89. The first-order valence-electron chi connectivity index (χ1n) is 12.3. The van der Waals surface area contributed by atoms with E-state index in [9.17, 15) is 14.7 Å². The van der Waals surface area contributed by atoms with Gasteiger partial charge in [-0.15, -0.1) is 0 Å². The summed E-state index contributed by atoms with van der Waals surface area (Å²) >= 11 is 0. The predicted octanol–water partition coefficient (Wildman–Crippen LogP) is 0.651. The zero-order valence-corrected chi connectivity index (χ0v) is 20.2. The Morgan fingerprint density at radius 2 is 1.97 bits per heavy atom. The lowest BCUT2D eigenvalue weighted by molar-refractivity contribution is -0.135. The van der Waals surface area contributed by atoms with E-state index in [1.54, 1.807) is 21.8 Å². The first-order valence-corrected chi connectivity index (χ1v) is 12.3. The molecule has 4 heterocycles. The van der Waals surface area contributed by atoms with Crippen LogP contribution in [0.4, 0.5) is 0 Å². The van der Waals surface area contributed by atoms with Crippen LogP contribution in [-0.2, 0) is 16.6 Å². The number of aryl methyl sites for hydroxylation is 1. The second kappa shape index (κ2) is 9.96. The van der Waals surface area contributed by atoms with Crippen LogP contribution < -0.4 is 10.1 Å². The van der Waals surface area contributed by atoms with Gasteiger partial charge in [-0.1, -0.05) is 6.07 Å². The van der Waals surface area contributed by atoms with E-state index in [1.807, 2.05) is 37.3 Å². The van der Waals surface area contributed by atoms with Gasteiger partial charge in [0.25, 0.3) is 5.91 Å². The summed E-state index contributed by atoms with van der Waals surface area (Å²) in [5.41, 5.74) is 2.26. The number of ether oxygens (including phenoxy) is 2. The normalized spacial score (nSPS) is 28.4. The van der Waals surface area contributed by atoms with Crippen LogP contribution >= 0.6 is 0 Å². The molecule has 2 bridgehead atoms. The van der Waals surface area contributed by atoms with E-state index in [2.05, 4.69) is 10.4 Å². The van der Waals surface area contributed by atoms with Gasteiger partial charge in [-0.05, 0) is 37.6 Å². The Labute approximate surface area is 204 Å². The summed E-state index contributed by atoms with van der Waals surface area (Å²) in [7, 11) is 3.80. The minimum atomic E-state index is -0.647. The fraction of sp³-hybridized carbons (Fsp3) is 0.560. The lowest BCUT2D eigenvalue weighted by atomic mass is 9.99. The minimum Gasteiger partial charge on any atom is -0.493 e. The number of amides is 2. The quantitative estimate of drug-likeness (QED) is 0.613. The molecule has 5 rings (SSSR count). The van der Waals surface area contributed by atoms with Gasteiger partial charge in [-0.2, -0.15) is 5.10 Å². The van der Waals surface area contributed by atoms with E-state index in [1.165, 1.54) is 0 Å². The standard InChI is InChI=1S/C25H33N5O5/c1-28-8-9-30-20(15-28)24(32)26-13-23-21(31)6-4-18(35-23)7-10-34-22-11-16(3-5-19(22)25(30)33)17-12-27-29(2)14-17/h3,5,11-12,14,18,20-21,23,31H,4,6-10,13,15H2,1-2H3,(H,26,32)/t18-,20-,21-,23+/m0/s1. The molecule has 10 nitrogen and oxygen atoms in total. The number of benzene rings is 1. The lowest BCUT2D eigenvalue weighted by Crippen LogP contribution is -2.60. The summed E-state index contributed by atoms with van der Waals surface area (Å²) in [5.74, 6) is 0.0211. The second-order valence-corrected chi connectivity index (χ2v) is 9.71. The number of nitrogens with zero attached hydrogens (tertiary/aromatic N) is 4. The van der Waals surface area contributed by atoms with Crippen LogP contribution in [-0.4, -0.2) is 101 Å². The third-order valence-electron chi connectivity index (χ3n) is 7.15. The topological polar surface area (TPSA) is 109 Å². The van der Waals surface area contributed by atoms with E-state index in [0.717, 1.165) is 17.5 Å². The maximum absolute atomic E-state index is 13.8. The molecule has 10 heteroatoms. The summed E-state index contributed by atoms with van der Waals surface area (Å²) in [5, 5.41) is 17.6. The molecule has 3 aliphatic heterocycles. The average Bonchev–Trinajstić information content (AvgIpc) is 3.29. The maximum Gasteiger partial charge on any atom is 0.258 e. The number of hydrogen-bond acceptors (Lipinski definition) is 7. The number of likely N-dealkylation sites (N-methyl/N-ethyl adjacent to an activating group) is 1. The molecule has 0 spiro atoms. The highest BCUT2D eigenvalue weighted by Crippen LogP contribution is 2.30. The van der Waals surface area contributed by atoms with Crippen molar-refractivity contribution < 1.29 is 24.2 Å². The molecule has 0 radical (unpaired) electrons. The summed E-state index contributed by atoms with van der Waals surface area (Å²) in [6.45, 7) is 2.12. The second-order valence-electron chi connectivity index (χ2n) is 9.71. The van der Waals surface area contributed by atoms with Gasteiger partial charge in [0.1, 0.15) is 17.9 Å². The SMILES string of the molecule is CN1CCN2C(=O)c3ccc(-c4cnn(C)c4)cc3OCC[C@@H]3CC[C@H](O)[C@@H](CNC(=O)[C@@H]2C1)O3. The summed E-state index contributed by atoms with van der Waals surface area (Å²) < 4.78 is 14.0. The number of piperazine rings is 1. The van der Waals surface area contributed by atoms with Gasteiger partial charge < -0.3 is 29.7 Å². The molecule has 1 aromatic carbocycles. The van der Waals surface area contributed by atoms with Gasteiger partial charge in [-0.25, -0.2) is 0 Å². The Morgan fingerprint density at radius 3 is 2.77 bits per heavy atom. The van der Waals surface area contributed by atoms with Crippen molar-refractivity contribution in [2.24, 2.45) is 7.05 Å². The zero-order chi connectivity index (χ0) is 24.5. The van der Waals surface area contributed by atoms with E-state index < -0.39 is 18.2 Å². The van der Waals surface area contributed by atoms with Crippen LogP contribution in [0.2, 0.25) is 0 Å². The first kappa shape index (κ1) is 23.8. The molecule has 0 aliphatic carbocycles. The molecular weight excluding hydrogens is 450 g/mol. The number of carbonyl (C=O) groups excluding carboxylic acids is 2. The van der Waals surface area contributed by atoms with Crippen molar-refractivity contribution >= 4 is 11.8 Å². The smallest absolute Gasteiger partial charge is 0.258 e. The Bertz CT molecular complexity index is 1090. The van der Waals surface area contributed by atoms with Crippen LogP contribution in [0.3, 0.4) is 0 Å². The van der Waals surface area contributed by atoms with Crippen LogP contribution in [0.15, 0.2) is 30.6 Å². The van der Waals surface area contributed by atoms with E-state index >= 15 is 0 Å². The maximum atomic E-state index is 13.8. The van der Waals surface area contributed by atoms with Crippen LogP contribution in [0.5, 0.6) is 5.75 Å². The molecule has 2 amide bonds. The molecule has 3 aliphatic rings. The van der Waals surface area contributed by atoms with Gasteiger partial charge in [-0.3, -0.25) is 14.3 Å². The lowest BCUT2D eigenvalue weighted by Gasteiger charge is -2.40. The number of aliphatic hydroxyl groups is 1. The van der Waals surface area contributed by atoms with Crippen molar-refractivity contribution in [3.63, 3.8) is 0 Å². The van der Waals surface area contributed by atoms with E-state index in [-0.39, 0.29) is 24.5 Å². The summed E-state index contributed by atoms with van der Waals surface area (Å²) in [4.78, 5) is 30.7. The van der Waals surface area contributed by atoms with Crippen molar-refractivity contribution in [2.75, 3.05) is 39.8 Å². The predicted molar refractivity (Wildman–Crippen MR) is 128 cm³/mol. The molecule has 188 valence electrons. The fourth-order valence-electron chi connectivity index (χ4n) is 5.07. The van der Waals surface area contributed by atoms with Gasteiger partial charge in [0.2, 0.25) is 5.91 Å². The number of fused-ring (bicyclic) bond motifs is 4. The molecule has 0 unspecified atom stereocenters. The highest BCUT2D eigenvalue weighted by molar-refractivity contribution is 6.00. The van der Waals surface area contributed by atoms with Crippen molar-refractivity contribution in [2.45, 2.75) is 43.6 Å². The number of nitrogens with one attached hydrogen (secondary N) is 1. The number of hydrogen-bond donors (Lipinski definition) is 2. The molecular formula is C25H33N5O5. The Hall–Kier alpha value is -2.95. The van der Waals surface area contributed by atoms with Crippen molar-refractivity contribution in [3.05, 3.63) is 36.2 Å². The largest absolute Gasteiger partial charge is 0.493 e. The number of aromatic nitrogens is 2. The van der Waals surface area contributed by atoms with Crippen LogP contribution in [0, 0.1) is 0 Å². The number of rotatable bonds is 1. The first-order chi connectivity index (χ1) is 16.9. The third-order valence-corrected chi connectivity index (χ3v) is 7.15. The monoisotopic (exact) mass is 483 g/mol. The Morgan fingerprint density at radius 1 is 1.11 bits per heavy atom. The third kappa shape index (κ3) is 5.05. The molecule has 2 saturated heterocycles. The molecule has 0 saturated carbocycles. The Kier molecular flexibility index (Phi) is 6.77. The van der Waals surface area contributed by atoms with Gasteiger partial charge in [0.05, 0.1) is 30.6 Å². The molecule has 2 fully saturated rings.